The van der Waals surface area contributed by atoms with Gasteiger partial charge >= 0.3 is 0 Å². The zero-order valence-corrected chi connectivity index (χ0v) is 13.8. The van der Waals surface area contributed by atoms with E-state index < -0.39 is 0 Å². The SMILES string of the molecule is O=c1ccc(Br)cn1Cc1nc2ccccc2c2ccccc12. The molecule has 0 saturated heterocycles. The van der Waals surface area contributed by atoms with Gasteiger partial charge in [0.05, 0.1) is 17.8 Å². The Hall–Kier alpha value is -2.46. The zero-order valence-electron chi connectivity index (χ0n) is 12.2. The van der Waals surface area contributed by atoms with Crippen molar-refractivity contribution in [2.45, 2.75) is 6.54 Å². The molecule has 0 unspecified atom stereocenters. The number of hydrogen-bond donors (Lipinski definition) is 0. The standard InChI is InChI=1S/C19H13BrN2O/c20-13-9-10-19(23)22(11-13)12-18-16-7-2-1-5-14(16)15-6-3-4-8-17(15)21-18/h1-11H,12H2. The molecule has 0 aliphatic heterocycles. The van der Waals surface area contributed by atoms with Gasteiger partial charge in [0.15, 0.2) is 0 Å². The maximum atomic E-state index is 12.1. The Morgan fingerprint density at radius 1 is 0.870 bits per heavy atom. The third-order valence-corrected chi connectivity index (χ3v) is 4.42. The van der Waals surface area contributed by atoms with Gasteiger partial charge in [-0.1, -0.05) is 42.5 Å². The van der Waals surface area contributed by atoms with Crippen LogP contribution in [0.3, 0.4) is 0 Å². The van der Waals surface area contributed by atoms with Crippen LogP contribution in [0.25, 0.3) is 21.7 Å². The molecule has 0 aliphatic carbocycles. The lowest BCUT2D eigenvalue weighted by molar-refractivity contribution is 0.745. The molecule has 2 heterocycles. The molecule has 112 valence electrons. The fraction of sp³-hybridized carbons (Fsp3) is 0.0526. The van der Waals surface area contributed by atoms with Crippen LogP contribution in [-0.2, 0) is 6.54 Å². The van der Waals surface area contributed by atoms with Gasteiger partial charge in [-0.3, -0.25) is 9.78 Å². The summed E-state index contributed by atoms with van der Waals surface area (Å²) in [6.07, 6.45) is 1.80. The predicted molar refractivity (Wildman–Crippen MR) is 96.8 cm³/mol. The Balaban J connectivity index is 1.98. The molecular weight excluding hydrogens is 352 g/mol. The van der Waals surface area contributed by atoms with Gasteiger partial charge in [0.2, 0.25) is 0 Å². The van der Waals surface area contributed by atoms with E-state index in [1.807, 2.05) is 30.3 Å². The number of nitrogens with zero attached hydrogens (tertiary/aromatic N) is 2. The number of halogens is 1. The van der Waals surface area contributed by atoms with Crippen molar-refractivity contribution in [3.63, 3.8) is 0 Å². The van der Waals surface area contributed by atoms with Gasteiger partial charge in [0.25, 0.3) is 5.56 Å². The summed E-state index contributed by atoms with van der Waals surface area (Å²) >= 11 is 3.42. The highest BCUT2D eigenvalue weighted by Gasteiger charge is 2.09. The van der Waals surface area contributed by atoms with Crippen LogP contribution in [0.5, 0.6) is 0 Å². The summed E-state index contributed by atoms with van der Waals surface area (Å²) < 4.78 is 2.55. The molecule has 0 radical (unpaired) electrons. The maximum absolute atomic E-state index is 12.1. The number of rotatable bonds is 2. The second-order valence-electron chi connectivity index (χ2n) is 5.43. The Labute approximate surface area is 141 Å². The van der Waals surface area contributed by atoms with Crippen LogP contribution in [0.4, 0.5) is 0 Å². The van der Waals surface area contributed by atoms with Crippen molar-refractivity contribution in [2.75, 3.05) is 0 Å². The molecule has 0 amide bonds. The topological polar surface area (TPSA) is 34.9 Å². The first-order chi connectivity index (χ1) is 11.2. The van der Waals surface area contributed by atoms with Crippen LogP contribution in [-0.4, -0.2) is 9.55 Å². The third-order valence-electron chi connectivity index (χ3n) is 3.96. The van der Waals surface area contributed by atoms with Crippen LogP contribution in [0.2, 0.25) is 0 Å². The molecule has 0 aliphatic rings. The lowest BCUT2D eigenvalue weighted by atomic mass is 10.0. The van der Waals surface area contributed by atoms with Gasteiger partial charge in [-0.05, 0) is 33.4 Å². The smallest absolute Gasteiger partial charge is 0.250 e. The van der Waals surface area contributed by atoms with Gasteiger partial charge in [-0.15, -0.1) is 0 Å². The summed E-state index contributed by atoms with van der Waals surface area (Å²) in [5.41, 5.74) is 1.82. The number of benzene rings is 2. The molecule has 4 aromatic rings. The monoisotopic (exact) mass is 364 g/mol. The molecule has 2 aromatic carbocycles. The minimum Gasteiger partial charge on any atom is -0.308 e. The number of aromatic nitrogens is 2. The highest BCUT2D eigenvalue weighted by Crippen LogP contribution is 2.26. The average molecular weight is 365 g/mol. The first-order valence-corrected chi connectivity index (χ1v) is 8.14. The van der Waals surface area contributed by atoms with E-state index in [-0.39, 0.29) is 5.56 Å². The maximum Gasteiger partial charge on any atom is 0.250 e. The Morgan fingerprint density at radius 2 is 1.57 bits per heavy atom. The minimum atomic E-state index is -0.0350. The number of pyridine rings is 2. The van der Waals surface area contributed by atoms with Gasteiger partial charge < -0.3 is 4.57 Å². The molecule has 23 heavy (non-hydrogen) atoms. The first-order valence-electron chi connectivity index (χ1n) is 7.35. The predicted octanol–water partition coefficient (Wildman–Crippen LogP) is 4.36. The number of para-hydroxylation sites is 1. The third kappa shape index (κ3) is 2.55. The summed E-state index contributed by atoms with van der Waals surface area (Å²) in [7, 11) is 0. The molecule has 0 spiro atoms. The fourth-order valence-corrected chi connectivity index (χ4v) is 3.26. The number of hydrogen-bond acceptors (Lipinski definition) is 2. The van der Waals surface area contributed by atoms with E-state index in [0.29, 0.717) is 6.54 Å². The van der Waals surface area contributed by atoms with Crippen molar-refractivity contribution in [1.29, 1.82) is 0 Å². The molecule has 0 saturated carbocycles. The lowest BCUT2D eigenvalue weighted by Gasteiger charge is -2.11. The van der Waals surface area contributed by atoms with Gasteiger partial charge in [0.1, 0.15) is 0 Å². The Morgan fingerprint density at radius 3 is 2.39 bits per heavy atom. The van der Waals surface area contributed by atoms with E-state index in [9.17, 15) is 4.79 Å². The summed E-state index contributed by atoms with van der Waals surface area (Å²) in [6, 6.07) is 19.6. The first kappa shape index (κ1) is 14.2. The van der Waals surface area contributed by atoms with Crippen molar-refractivity contribution < 1.29 is 0 Å². The molecule has 0 N–H and O–H groups in total. The van der Waals surface area contributed by atoms with Crippen LogP contribution in [0.1, 0.15) is 5.69 Å². The summed E-state index contributed by atoms with van der Waals surface area (Å²) in [5.74, 6) is 0. The van der Waals surface area contributed by atoms with Gasteiger partial charge in [0, 0.05) is 27.5 Å². The van der Waals surface area contributed by atoms with Gasteiger partial charge in [-0.2, -0.15) is 0 Å². The van der Waals surface area contributed by atoms with Crippen LogP contribution < -0.4 is 5.56 Å². The normalized spacial score (nSPS) is 11.2. The molecule has 4 heteroatoms. The minimum absolute atomic E-state index is 0.0350. The average Bonchev–Trinajstić information content (AvgIpc) is 2.58. The number of fused-ring (bicyclic) bond motifs is 3. The summed E-state index contributed by atoms with van der Waals surface area (Å²) in [6.45, 7) is 0.448. The Bertz CT molecular complexity index is 1090. The van der Waals surface area contributed by atoms with Crippen molar-refractivity contribution in [3.8, 4) is 0 Å². The second kappa shape index (κ2) is 5.63. The second-order valence-corrected chi connectivity index (χ2v) is 6.35. The van der Waals surface area contributed by atoms with Crippen molar-refractivity contribution in [2.24, 2.45) is 0 Å². The van der Waals surface area contributed by atoms with Gasteiger partial charge in [-0.25, -0.2) is 0 Å². The van der Waals surface area contributed by atoms with E-state index in [4.69, 9.17) is 4.98 Å². The van der Waals surface area contributed by atoms with E-state index in [1.165, 1.54) is 0 Å². The summed E-state index contributed by atoms with van der Waals surface area (Å²) in [4.78, 5) is 16.9. The highest BCUT2D eigenvalue weighted by atomic mass is 79.9. The van der Waals surface area contributed by atoms with E-state index in [2.05, 4.69) is 34.1 Å². The molecule has 3 nitrogen and oxygen atoms in total. The van der Waals surface area contributed by atoms with Crippen LogP contribution in [0.15, 0.2) is 76.1 Å². The van der Waals surface area contributed by atoms with E-state index in [0.717, 1.165) is 31.8 Å². The fourth-order valence-electron chi connectivity index (χ4n) is 2.88. The molecular formula is C19H13BrN2O. The molecule has 0 fully saturated rings. The van der Waals surface area contributed by atoms with Crippen molar-refractivity contribution >= 4 is 37.6 Å². The Kier molecular flexibility index (Phi) is 3.46. The van der Waals surface area contributed by atoms with Crippen LogP contribution in [0, 0.1) is 0 Å². The highest BCUT2D eigenvalue weighted by molar-refractivity contribution is 9.10. The molecule has 2 aromatic heterocycles. The van der Waals surface area contributed by atoms with E-state index in [1.54, 1.807) is 22.9 Å². The summed E-state index contributed by atoms with van der Waals surface area (Å²) in [5, 5.41) is 3.38. The molecule has 0 bridgehead atoms. The molecule has 0 atom stereocenters. The zero-order chi connectivity index (χ0) is 15.8. The lowest BCUT2D eigenvalue weighted by Crippen LogP contribution is -2.19. The van der Waals surface area contributed by atoms with Crippen molar-refractivity contribution in [3.05, 3.63) is 87.4 Å². The molecule has 4 rings (SSSR count). The largest absolute Gasteiger partial charge is 0.308 e. The van der Waals surface area contributed by atoms with Crippen LogP contribution >= 0.6 is 15.9 Å². The van der Waals surface area contributed by atoms with E-state index >= 15 is 0 Å². The quantitative estimate of drug-likeness (QED) is 0.495. The van der Waals surface area contributed by atoms with Crippen molar-refractivity contribution in [1.82, 2.24) is 9.55 Å².